The lowest BCUT2D eigenvalue weighted by molar-refractivity contribution is 0.0938. The average Bonchev–Trinajstić information content (AvgIpc) is 3.16. The quantitative estimate of drug-likeness (QED) is 0.746. The number of rotatable bonds is 4. The molecule has 0 aliphatic carbocycles. The highest BCUT2D eigenvalue weighted by Crippen LogP contribution is 2.13. The third kappa shape index (κ3) is 3.45. The molecule has 3 rings (SSSR count). The zero-order valence-electron chi connectivity index (χ0n) is 13.3. The van der Waals surface area contributed by atoms with Crippen LogP contribution in [-0.4, -0.2) is 25.7 Å². The van der Waals surface area contributed by atoms with Crippen LogP contribution >= 0.6 is 0 Å². The minimum Gasteiger partial charge on any atom is -0.345 e. The summed E-state index contributed by atoms with van der Waals surface area (Å²) in [6.07, 6.45) is 4.40. The van der Waals surface area contributed by atoms with Crippen molar-refractivity contribution >= 4 is 5.91 Å². The Labute approximate surface area is 142 Å². The normalized spacial score (nSPS) is 11.5. The molecule has 2 aromatic heterocycles. The molecule has 0 saturated heterocycles. The fourth-order valence-corrected chi connectivity index (χ4v) is 2.26. The lowest BCUT2D eigenvalue weighted by Gasteiger charge is -2.14. The smallest absolute Gasteiger partial charge is 0.265 e. The van der Waals surface area contributed by atoms with Crippen LogP contribution in [0.1, 0.15) is 34.5 Å². The number of carbonyl (C=O) groups excluding carboxylic acids is 1. The van der Waals surface area contributed by atoms with Crippen LogP contribution in [0.4, 0.5) is 0 Å². The summed E-state index contributed by atoms with van der Waals surface area (Å²) in [4.78, 5) is 31.0. The van der Waals surface area contributed by atoms with Crippen LogP contribution < -0.4 is 10.9 Å². The molecule has 0 saturated carbocycles. The van der Waals surface area contributed by atoms with E-state index in [0.29, 0.717) is 5.56 Å². The van der Waals surface area contributed by atoms with Crippen LogP contribution in [-0.2, 0) is 0 Å². The standard InChI is InChI=1S/C17H14N6O2/c1-11(13-5-3-12(9-18)4-6-13)21-15(24)14-10-19-17(22-16(14)25)23-8-2-7-20-23/h2-8,10-11H,1H3,(H,21,24)(H,19,22,25)/t11-/m0/s1. The molecule has 124 valence electrons. The van der Waals surface area contributed by atoms with Crippen molar-refractivity contribution in [2.24, 2.45) is 0 Å². The molecule has 1 aromatic carbocycles. The number of amides is 1. The van der Waals surface area contributed by atoms with Gasteiger partial charge in [0.25, 0.3) is 11.5 Å². The third-order valence-corrected chi connectivity index (χ3v) is 3.64. The van der Waals surface area contributed by atoms with E-state index in [4.69, 9.17) is 5.26 Å². The first-order valence-corrected chi connectivity index (χ1v) is 7.49. The molecule has 1 atom stereocenters. The van der Waals surface area contributed by atoms with Gasteiger partial charge in [0.1, 0.15) is 5.56 Å². The largest absolute Gasteiger partial charge is 0.345 e. The van der Waals surface area contributed by atoms with Gasteiger partial charge in [-0.05, 0) is 30.7 Å². The molecular weight excluding hydrogens is 320 g/mol. The van der Waals surface area contributed by atoms with E-state index in [9.17, 15) is 9.59 Å². The van der Waals surface area contributed by atoms with Crippen molar-refractivity contribution in [3.63, 3.8) is 0 Å². The number of nitrogens with zero attached hydrogens (tertiary/aromatic N) is 4. The van der Waals surface area contributed by atoms with Crippen molar-refractivity contribution in [3.05, 3.63) is 76.0 Å². The molecule has 3 aromatic rings. The van der Waals surface area contributed by atoms with Gasteiger partial charge in [0.2, 0.25) is 5.95 Å². The Morgan fingerprint density at radius 1 is 1.36 bits per heavy atom. The number of aromatic nitrogens is 4. The summed E-state index contributed by atoms with van der Waals surface area (Å²) in [6.45, 7) is 1.79. The lowest BCUT2D eigenvalue weighted by atomic mass is 10.1. The number of aromatic amines is 1. The van der Waals surface area contributed by atoms with Crippen molar-refractivity contribution in [1.29, 1.82) is 5.26 Å². The summed E-state index contributed by atoms with van der Waals surface area (Å²) in [5.74, 6) is -0.302. The highest BCUT2D eigenvalue weighted by molar-refractivity contribution is 5.93. The van der Waals surface area contributed by atoms with E-state index >= 15 is 0 Å². The summed E-state index contributed by atoms with van der Waals surface area (Å²) in [7, 11) is 0. The molecule has 25 heavy (non-hydrogen) atoms. The van der Waals surface area contributed by atoms with Crippen LogP contribution in [0.15, 0.2) is 53.7 Å². The first-order chi connectivity index (χ1) is 12.1. The van der Waals surface area contributed by atoms with E-state index in [2.05, 4.69) is 20.4 Å². The molecule has 8 heteroatoms. The molecule has 8 nitrogen and oxygen atoms in total. The molecule has 1 amide bonds. The van der Waals surface area contributed by atoms with Crippen LogP contribution in [0.3, 0.4) is 0 Å². The Balaban J connectivity index is 1.76. The number of hydrogen-bond donors (Lipinski definition) is 2. The molecule has 0 radical (unpaired) electrons. The molecule has 0 spiro atoms. The number of carbonyl (C=O) groups is 1. The van der Waals surface area contributed by atoms with E-state index in [-0.39, 0.29) is 17.6 Å². The topological polar surface area (TPSA) is 116 Å². The molecule has 0 aliphatic rings. The highest BCUT2D eigenvalue weighted by Gasteiger charge is 2.16. The Morgan fingerprint density at radius 2 is 2.12 bits per heavy atom. The number of benzene rings is 1. The summed E-state index contributed by atoms with van der Waals surface area (Å²) in [6, 6.07) is 10.3. The van der Waals surface area contributed by atoms with Crippen molar-refractivity contribution in [1.82, 2.24) is 25.1 Å². The maximum Gasteiger partial charge on any atom is 0.265 e. The summed E-state index contributed by atoms with van der Waals surface area (Å²) < 4.78 is 1.39. The van der Waals surface area contributed by atoms with Crippen molar-refractivity contribution < 1.29 is 4.79 Å². The third-order valence-electron chi connectivity index (χ3n) is 3.64. The number of hydrogen-bond acceptors (Lipinski definition) is 5. The number of H-pyrrole nitrogens is 1. The molecule has 2 heterocycles. The van der Waals surface area contributed by atoms with E-state index < -0.39 is 11.5 Å². The van der Waals surface area contributed by atoms with Crippen LogP contribution in [0.25, 0.3) is 5.95 Å². The van der Waals surface area contributed by atoms with Gasteiger partial charge in [-0.15, -0.1) is 0 Å². The van der Waals surface area contributed by atoms with Gasteiger partial charge in [-0.1, -0.05) is 12.1 Å². The van der Waals surface area contributed by atoms with Crippen molar-refractivity contribution in [3.8, 4) is 12.0 Å². The summed E-state index contributed by atoms with van der Waals surface area (Å²) in [5.41, 5.74) is 0.725. The van der Waals surface area contributed by atoms with Crippen molar-refractivity contribution in [2.45, 2.75) is 13.0 Å². The maximum atomic E-state index is 12.3. The predicted octanol–water partition coefficient (Wildman–Crippen LogP) is 1.32. The molecule has 0 fully saturated rings. The summed E-state index contributed by atoms with van der Waals surface area (Å²) in [5, 5.41) is 15.5. The molecule has 2 N–H and O–H groups in total. The van der Waals surface area contributed by atoms with E-state index in [0.717, 1.165) is 5.56 Å². The number of nitrogens with one attached hydrogen (secondary N) is 2. The minimum atomic E-state index is -0.551. The fraction of sp³-hybridized carbons (Fsp3) is 0.118. The van der Waals surface area contributed by atoms with Crippen LogP contribution in [0.2, 0.25) is 0 Å². The van der Waals surface area contributed by atoms with Gasteiger partial charge in [0.15, 0.2) is 0 Å². The highest BCUT2D eigenvalue weighted by atomic mass is 16.2. The minimum absolute atomic E-state index is 0.0867. The molecular formula is C17H14N6O2. The second-order valence-electron chi connectivity index (χ2n) is 5.33. The molecule has 0 unspecified atom stereocenters. The maximum absolute atomic E-state index is 12.3. The zero-order valence-corrected chi connectivity index (χ0v) is 13.3. The Hall–Kier alpha value is -3.73. The second-order valence-corrected chi connectivity index (χ2v) is 5.33. The van der Waals surface area contributed by atoms with E-state index in [1.54, 1.807) is 49.6 Å². The Kier molecular flexibility index (Phi) is 4.39. The monoisotopic (exact) mass is 334 g/mol. The van der Waals surface area contributed by atoms with Gasteiger partial charge in [0.05, 0.1) is 17.7 Å². The number of nitriles is 1. The fourth-order valence-electron chi connectivity index (χ4n) is 2.26. The molecule has 0 bridgehead atoms. The van der Waals surface area contributed by atoms with Crippen LogP contribution in [0, 0.1) is 11.3 Å². The average molecular weight is 334 g/mol. The molecule has 0 aliphatic heterocycles. The van der Waals surface area contributed by atoms with Gasteiger partial charge >= 0.3 is 0 Å². The van der Waals surface area contributed by atoms with Gasteiger partial charge in [0, 0.05) is 18.6 Å². The van der Waals surface area contributed by atoms with Gasteiger partial charge in [-0.2, -0.15) is 10.4 Å². The SMILES string of the molecule is C[C@H](NC(=O)c1cnc(-n2cccn2)[nH]c1=O)c1ccc(C#N)cc1. The predicted molar refractivity (Wildman–Crippen MR) is 89.0 cm³/mol. The Bertz CT molecular complexity index is 983. The van der Waals surface area contributed by atoms with Gasteiger partial charge < -0.3 is 5.32 Å². The van der Waals surface area contributed by atoms with Crippen LogP contribution in [0.5, 0.6) is 0 Å². The van der Waals surface area contributed by atoms with Gasteiger partial charge in [-0.25, -0.2) is 9.67 Å². The zero-order chi connectivity index (χ0) is 17.8. The van der Waals surface area contributed by atoms with Crippen molar-refractivity contribution in [2.75, 3.05) is 0 Å². The first-order valence-electron chi connectivity index (χ1n) is 7.49. The Morgan fingerprint density at radius 3 is 2.72 bits per heavy atom. The van der Waals surface area contributed by atoms with E-state index in [1.807, 2.05) is 6.07 Å². The second kappa shape index (κ2) is 6.80. The first kappa shape index (κ1) is 16.1. The lowest BCUT2D eigenvalue weighted by Crippen LogP contribution is -2.32. The summed E-state index contributed by atoms with van der Waals surface area (Å²) >= 11 is 0. The van der Waals surface area contributed by atoms with E-state index in [1.165, 1.54) is 10.9 Å². The van der Waals surface area contributed by atoms with Gasteiger partial charge in [-0.3, -0.25) is 14.6 Å².